The van der Waals surface area contributed by atoms with Gasteiger partial charge in [-0.15, -0.1) is 22.7 Å². The summed E-state index contributed by atoms with van der Waals surface area (Å²) >= 11 is 3.80. The average Bonchev–Trinajstić information content (AvgIpc) is 4.22. The van der Waals surface area contributed by atoms with Gasteiger partial charge in [-0.1, -0.05) is 152 Å². The minimum atomic E-state index is 1.14. The number of hydrogen-bond donors (Lipinski definition) is 0. The lowest BCUT2D eigenvalue weighted by molar-refractivity contribution is 1.17. The Bertz CT molecular complexity index is 4170. The van der Waals surface area contributed by atoms with Gasteiger partial charge in [0.1, 0.15) is 0 Å². The number of thiophene rings is 2. The van der Waals surface area contributed by atoms with Crippen molar-refractivity contribution in [2.45, 2.75) is 0 Å². The molecule has 5 aromatic heterocycles. The number of benzene rings is 9. The van der Waals surface area contributed by atoms with Crippen LogP contribution < -0.4 is 0 Å². The Kier molecular flexibility index (Phi) is 8.63. The SMILES string of the molecule is c1ccc(-c2cc3c(s2)c2sc(-c4ccc5c(c4)c4cc6c(cc4n5-c4ccccc4)c4cc(-c5ccccc5-c5ccccc5)ccc4n6-c4ccccc4)cc2n3-c2ccccc2)cc1. The highest BCUT2D eigenvalue weighted by atomic mass is 32.1. The number of para-hydroxylation sites is 3. The molecular weight excluding hydrogens is 851 g/mol. The van der Waals surface area contributed by atoms with Gasteiger partial charge < -0.3 is 13.7 Å². The molecule has 0 aliphatic heterocycles. The molecule has 0 N–H and O–H groups in total. The molecule has 3 nitrogen and oxygen atoms in total. The van der Waals surface area contributed by atoms with Gasteiger partial charge in [0.05, 0.1) is 42.5 Å². The van der Waals surface area contributed by atoms with Crippen LogP contribution in [0.3, 0.4) is 0 Å². The second kappa shape index (κ2) is 15.2. The predicted octanol–water partition coefficient (Wildman–Crippen LogP) is 17.8. The molecule has 5 heteroatoms. The maximum atomic E-state index is 2.46. The van der Waals surface area contributed by atoms with Crippen LogP contribution in [-0.4, -0.2) is 13.7 Å². The maximum Gasteiger partial charge on any atom is 0.0711 e. The summed E-state index contributed by atoms with van der Waals surface area (Å²) in [7, 11) is 0. The molecule has 0 atom stereocenters. The molecule has 0 radical (unpaired) electrons. The van der Waals surface area contributed by atoms with E-state index in [1.165, 1.54) is 113 Å². The molecule has 0 amide bonds. The van der Waals surface area contributed by atoms with Crippen LogP contribution in [0.2, 0.25) is 0 Å². The van der Waals surface area contributed by atoms with Crippen LogP contribution in [0.15, 0.2) is 237 Å². The van der Waals surface area contributed by atoms with E-state index in [9.17, 15) is 0 Å². The Morgan fingerprint density at radius 2 is 0.597 bits per heavy atom. The number of rotatable bonds is 7. The van der Waals surface area contributed by atoms with E-state index in [0.29, 0.717) is 0 Å². The zero-order chi connectivity index (χ0) is 44.0. The van der Waals surface area contributed by atoms with Gasteiger partial charge in [-0.3, -0.25) is 0 Å². The number of hydrogen-bond acceptors (Lipinski definition) is 2. The van der Waals surface area contributed by atoms with E-state index in [1.54, 1.807) is 0 Å². The van der Waals surface area contributed by atoms with Crippen LogP contribution in [0.1, 0.15) is 0 Å². The highest BCUT2D eigenvalue weighted by Gasteiger charge is 2.23. The average molecular weight is 890 g/mol. The molecule has 67 heavy (non-hydrogen) atoms. The molecule has 9 aromatic carbocycles. The van der Waals surface area contributed by atoms with Crippen molar-refractivity contribution in [3.8, 4) is 60.2 Å². The van der Waals surface area contributed by atoms with Crippen LogP contribution in [0.25, 0.3) is 124 Å². The second-order valence-electron chi connectivity index (χ2n) is 17.3. The molecule has 14 aromatic rings. The molecular formula is C62H39N3S2. The maximum absolute atomic E-state index is 2.46. The van der Waals surface area contributed by atoms with Gasteiger partial charge in [0.25, 0.3) is 0 Å². The largest absolute Gasteiger partial charge is 0.309 e. The minimum absolute atomic E-state index is 1.14. The number of nitrogens with zero attached hydrogens (tertiary/aromatic N) is 3. The Morgan fingerprint density at radius 1 is 0.239 bits per heavy atom. The molecule has 5 heterocycles. The van der Waals surface area contributed by atoms with Gasteiger partial charge in [-0.2, -0.15) is 0 Å². The Hall–Kier alpha value is -8.22. The standard InChI is InChI=1S/C62H39N3S2/c1-6-18-40(19-7-1)47-28-16-17-29-48(47)42-30-32-53-49(34-42)51-36-56-52(37-55(51)63(53)44-22-10-3-11-23-44)50-35-43(31-33-54(50)64(56)45-24-12-4-13-25-45)60-39-58-62(67-60)61-57(65(58)46-26-14-5-15-27-46)38-59(66-61)41-20-8-2-9-21-41/h1-39H. The molecule has 14 rings (SSSR count). The van der Waals surface area contributed by atoms with Crippen molar-refractivity contribution in [2.24, 2.45) is 0 Å². The van der Waals surface area contributed by atoms with Crippen molar-refractivity contribution in [1.29, 1.82) is 0 Å². The molecule has 0 unspecified atom stereocenters. The van der Waals surface area contributed by atoms with E-state index >= 15 is 0 Å². The van der Waals surface area contributed by atoms with E-state index in [4.69, 9.17) is 0 Å². The summed E-state index contributed by atoms with van der Waals surface area (Å²) in [5.41, 5.74) is 18.1. The fraction of sp³-hybridized carbons (Fsp3) is 0. The fourth-order valence-corrected chi connectivity index (χ4v) is 12.9. The van der Waals surface area contributed by atoms with Crippen molar-refractivity contribution in [3.63, 3.8) is 0 Å². The van der Waals surface area contributed by atoms with Crippen molar-refractivity contribution in [3.05, 3.63) is 237 Å². The summed E-state index contributed by atoms with van der Waals surface area (Å²) < 4.78 is 10.0. The van der Waals surface area contributed by atoms with Crippen LogP contribution in [-0.2, 0) is 0 Å². The van der Waals surface area contributed by atoms with Crippen LogP contribution in [0, 0.1) is 0 Å². The fourth-order valence-electron chi connectivity index (χ4n) is 10.5. The van der Waals surface area contributed by atoms with Gasteiger partial charge in [0.2, 0.25) is 0 Å². The first-order valence-corrected chi connectivity index (χ1v) is 24.4. The lowest BCUT2D eigenvalue weighted by atomic mass is 9.94. The smallest absolute Gasteiger partial charge is 0.0711 e. The van der Waals surface area contributed by atoms with Crippen LogP contribution in [0.5, 0.6) is 0 Å². The highest BCUT2D eigenvalue weighted by Crippen LogP contribution is 2.48. The third-order valence-electron chi connectivity index (χ3n) is 13.5. The van der Waals surface area contributed by atoms with Crippen molar-refractivity contribution in [2.75, 3.05) is 0 Å². The monoisotopic (exact) mass is 889 g/mol. The number of aromatic nitrogens is 3. The quantitative estimate of drug-likeness (QED) is 0.151. The third-order valence-corrected chi connectivity index (χ3v) is 16.0. The second-order valence-corrected chi connectivity index (χ2v) is 19.4. The Balaban J connectivity index is 1.01. The zero-order valence-corrected chi connectivity index (χ0v) is 37.8. The molecule has 0 spiro atoms. The van der Waals surface area contributed by atoms with Gasteiger partial charge in [-0.25, -0.2) is 0 Å². The van der Waals surface area contributed by atoms with E-state index in [2.05, 4.69) is 250 Å². The van der Waals surface area contributed by atoms with Gasteiger partial charge in [0.15, 0.2) is 0 Å². The first-order chi connectivity index (χ1) is 33.2. The van der Waals surface area contributed by atoms with Crippen molar-refractivity contribution < 1.29 is 0 Å². The van der Waals surface area contributed by atoms with E-state index in [-0.39, 0.29) is 0 Å². The summed E-state index contributed by atoms with van der Waals surface area (Å²) in [6.07, 6.45) is 0. The summed E-state index contributed by atoms with van der Waals surface area (Å²) in [5.74, 6) is 0. The van der Waals surface area contributed by atoms with E-state index in [1.807, 2.05) is 22.7 Å². The molecule has 0 aliphatic rings. The molecule has 0 fully saturated rings. The van der Waals surface area contributed by atoms with Gasteiger partial charge >= 0.3 is 0 Å². The lowest BCUT2D eigenvalue weighted by Crippen LogP contribution is -1.94. The first kappa shape index (κ1) is 38.1. The van der Waals surface area contributed by atoms with Crippen molar-refractivity contribution in [1.82, 2.24) is 13.7 Å². The zero-order valence-electron chi connectivity index (χ0n) is 36.2. The first-order valence-electron chi connectivity index (χ1n) is 22.7. The molecule has 314 valence electrons. The van der Waals surface area contributed by atoms with Crippen LogP contribution >= 0.6 is 22.7 Å². The summed E-state index contributed by atoms with van der Waals surface area (Å²) in [5, 5.41) is 4.91. The van der Waals surface area contributed by atoms with Gasteiger partial charge in [0, 0.05) is 48.4 Å². The lowest BCUT2D eigenvalue weighted by Gasteiger charge is -2.11. The normalized spacial score (nSPS) is 11.9. The molecule has 0 bridgehead atoms. The summed E-state index contributed by atoms with van der Waals surface area (Å²) in [4.78, 5) is 2.55. The van der Waals surface area contributed by atoms with Crippen LogP contribution in [0.4, 0.5) is 0 Å². The van der Waals surface area contributed by atoms with E-state index < -0.39 is 0 Å². The number of fused-ring (bicyclic) bond motifs is 9. The topological polar surface area (TPSA) is 14.8 Å². The molecule has 0 saturated carbocycles. The van der Waals surface area contributed by atoms with Gasteiger partial charge in [-0.05, 0) is 118 Å². The van der Waals surface area contributed by atoms with E-state index in [0.717, 1.165) is 11.4 Å². The Morgan fingerprint density at radius 3 is 1.09 bits per heavy atom. The molecule has 0 aliphatic carbocycles. The third kappa shape index (κ3) is 6.02. The summed E-state index contributed by atoms with van der Waals surface area (Å²) in [6, 6.07) is 86.6. The predicted molar refractivity (Wildman–Crippen MR) is 287 cm³/mol. The molecule has 0 saturated heterocycles. The minimum Gasteiger partial charge on any atom is -0.309 e. The van der Waals surface area contributed by atoms with Crippen molar-refractivity contribution >= 4 is 86.7 Å². The highest BCUT2D eigenvalue weighted by molar-refractivity contribution is 7.30. The summed E-state index contributed by atoms with van der Waals surface area (Å²) in [6.45, 7) is 0. The Labute approximate surface area is 394 Å².